The molecular weight excluding hydrogens is 478 g/mol. The quantitative estimate of drug-likeness (QED) is 0.230. The maximum absolute atomic E-state index is 3.72. The first-order valence-corrected chi connectivity index (χ1v) is 12.3. The van der Waals surface area contributed by atoms with Gasteiger partial charge in [0.1, 0.15) is 0 Å². The number of para-hydroxylation sites is 1. The van der Waals surface area contributed by atoms with Crippen LogP contribution in [0.2, 0.25) is 0 Å². The van der Waals surface area contributed by atoms with Crippen LogP contribution in [-0.2, 0) is 0 Å². The van der Waals surface area contributed by atoms with Gasteiger partial charge in [-0.3, -0.25) is 0 Å². The molecular formula is C32H26BrN. The molecule has 2 heteroatoms. The van der Waals surface area contributed by atoms with Gasteiger partial charge >= 0.3 is 0 Å². The van der Waals surface area contributed by atoms with Crippen molar-refractivity contribution in [3.05, 3.63) is 137 Å². The van der Waals surface area contributed by atoms with Crippen molar-refractivity contribution in [2.75, 3.05) is 4.90 Å². The summed E-state index contributed by atoms with van der Waals surface area (Å²) < 4.78 is 1.06. The van der Waals surface area contributed by atoms with Crippen molar-refractivity contribution < 1.29 is 0 Å². The zero-order chi connectivity index (χ0) is 23.5. The molecule has 0 amide bonds. The van der Waals surface area contributed by atoms with Crippen LogP contribution in [0.1, 0.15) is 11.1 Å². The van der Waals surface area contributed by atoms with Crippen LogP contribution in [0.15, 0.2) is 126 Å². The summed E-state index contributed by atoms with van der Waals surface area (Å²) in [5.74, 6) is 0. The molecule has 5 aromatic rings. The van der Waals surface area contributed by atoms with Crippen molar-refractivity contribution in [2.45, 2.75) is 13.8 Å². The van der Waals surface area contributed by atoms with Crippen molar-refractivity contribution >= 4 is 33.0 Å². The molecule has 1 nitrogen and oxygen atoms in total. The number of aryl methyl sites for hydroxylation is 2. The van der Waals surface area contributed by atoms with Gasteiger partial charge in [-0.15, -0.1) is 0 Å². The van der Waals surface area contributed by atoms with E-state index in [1.165, 1.54) is 33.4 Å². The highest BCUT2D eigenvalue weighted by Crippen LogP contribution is 2.44. The van der Waals surface area contributed by atoms with Crippen LogP contribution in [0.3, 0.4) is 0 Å². The second kappa shape index (κ2) is 9.70. The van der Waals surface area contributed by atoms with E-state index in [1.807, 2.05) is 0 Å². The Kier molecular flexibility index (Phi) is 6.33. The molecule has 0 atom stereocenters. The highest BCUT2D eigenvalue weighted by Gasteiger charge is 2.19. The Balaban J connectivity index is 1.75. The zero-order valence-corrected chi connectivity index (χ0v) is 21.0. The molecule has 0 unspecified atom stereocenters. The number of hydrogen-bond donors (Lipinski definition) is 0. The van der Waals surface area contributed by atoms with E-state index in [0.29, 0.717) is 0 Å². The Morgan fingerprint density at radius 2 is 1.06 bits per heavy atom. The molecule has 5 aromatic carbocycles. The van der Waals surface area contributed by atoms with Gasteiger partial charge in [0.05, 0.1) is 5.69 Å². The van der Waals surface area contributed by atoms with E-state index in [2.05, 4.69) is 156 Å². The average Bonchev–Trinajstić information content (AvgIpc) is 2.87. The molecule has 0 N–H and O–H groups in total. The molecule has 34 heavy (non-hydrogen) atoms. The molecule has 0 saturated heterocycles. The topological polar surface area (TPSA) is 3.24 Å². The van der Waals surface area contributed by atoms with Gasteiger partial charge in [-0.25, -0.2) is 0 Å². The third kappa shape index (κ3) is 4.55. The highest BCUT2D eigenvalue weighted by molar-refractivity contribution is 9.10. The van der Waals surface area contributed by atoms with Crippen LogP contribution >= 0.6 is 15.9 Å². The number of anilines is 3. The van der Waals surface area contributed by atoms with Gasteiger partial charge in [-0.1, -0.05) is 106 Å². The van der Waals surface area contributed by atoms with E-state index in [4.69, 9.17) is 0 Å². The summed E-state index contributed by atoms with van der Waals surface area (Å²) in [6, 6.07) is 43.3. The number of nitrogens with zero attached hydrogens (tertiary/aromatic N) is 1. The Bertz CT molecular complexity index is 1360. The fourth-order valence-electron chi connectivity index (χ4n) is 4.32. The second-order valence-electron chi connectivity index (χ2n) is 8.58. The minimum absolute atomic E-state index is 1.06. The first-order valence-electron chi connectivity index (χ1n) is 11.5. The minimum atomic E-state index is 1.06. The first kappa shape index (κ1) is 22.2. The molecule has 0 bridgehead atoms. The predicted octanol–water partition coefficient (Wildman–Crippen LogP) is 9.87. The summed E-state index contributed by atoms with van der Waals surface area (Å²) in [4.78, 5) is 2.35. The van der Waals surface area contributed by atoms with Gasteiger partial charge in [0.25, 0.3) is 0 Å². The summed E-state index contributed by atoms with van der Waals surface area (Å²) in [6.45, 7) is 4.25. The largest absolute Gasteiger partial charge is 0.310 e. The van der Waals surface area contributed by atoms with Crippen LogP contribution in [0.4, 0.5) is 17.1 Å². The van der Waals surface area contributed by atoms with Gasteiger partial charge in [0.15, 0.2) is 0 Å². The third-order valence-electron chi connectivity index (χ3n) is 6.09. The number of rotatable bonds is 5. The Morgan fingerprint density at radius 3 is 1.68 bits per heavy atom. The molecule has 0 radical (unpaired) electrons. The van der Waals surface area contributed by atoms with Crippen LogP contribution in [0, 0.1) is 13.8 Å². The maximum Gasteiger partial charge on any atom is 0.0540 e. The Morgan fingerprint density at radius 1 is 0.500 bits per heavy atom. The Labute approximate surface area is 210 Å². The lowest BCUT2D eigenvalue weighted by Crippen LogP contribution is -2.11. The highest BCUT2D eigenvalue weighted by atomic mass is 79.9. The van der Waals surface area contributed by atoms with Crippen LogP contribution in [0.5, 0.6) is 0 Å². The van der Waals surface area contributed by atoms with Crippen LogP contribution in [0.25, 0.3) is 22.3 Å². The molecule has 0 aromatic heterocycles. The third-order valence-corrected chi connectivity index (χ3v) is 6.58. The molecule has 0 saturated carbocycles. The van der Waals surface area contributed by atoms with Crippen molar-refractivity contribution in [3.63, 3.8) is 0 Å². The standard InChI is InChI=1S/C32H26BrN/c1-23-12-17-27(18-13-23)34(28-19-14-24(2)15-20-28)32-11-7-6-10-30(32)31-22-26(33)16-21-29(31)25-8-4-3-5-9-25/h3-22H,1-2H3. The molecule has 0 heterocycles. The smallest absolute Gasteiger partial charge is 0.0540 e. The van der Waals surface area contributed by atoms with E-state index in [1.54, 1.807) is 0 Å². The fraction of sp³-hybridized carbons (Fsp3) is 0.0625. The molecule has 0 aliphatic heterocycles. The van der Waals surface area contributed by atoms with E-state index >= 15 is 0 Å². The number of halogens is 1. The van der Waals surface area contributed by atoms with Gasteiger partial charge in [-0.2, -0.15) is 0 Å². The molecule has 166 valence electrons. The van der Waals surface area contributed by atoms with E-state index in [9.17, 15) is 0 Å². The van der Waals surface area contributed by atoms with Crippen molar-refractivity contribution in [2.24, 2.45) is 0 Å². The lowest BCUT2D eigenvalue weighted by Gasteiger charge is -2.28. The minimum Gasteiger partial charge on any atom is -0.310 e. The van der Waals surface area contributed by atoms with Gasteiger partial charge in [0, 0.05) is 21.4 Å². The van der Waals surface area contributed by atoms with E-state index in [-0.39, 0.29) is 0 Å². The Hall–Kier alpha value is -3.62. The average molecular weight is 504 g/mol. The number of benzene rings is 5. The molecule has 0 aliphatic carbocycles. The monoisotopic (exact) mass is 503 g/mol. The maximum atomic E-state index is 3.72. The van der Waals surface area contributed by atoms with Gasteiger partial charge in [-0.05, 0) is 73.0 Å². The normalized spacial score (nSPS) is 10.8. The van der Waals surface area contributed by atoms with Gasteiger partial charge in [0.2, 0.25) is 0 Å². The van der Waals surface area contributed by atoms with E-state index in [0.717, 1.165) is 21.5 Å². The summed E-state index contributed by atoms with van der Waals surface area (Å²) in [5.41, 5.74) is 10.7. The molecule has 0 fully saturated rings. The lowest BCUT2D eigenvalue weighted by atomic mass is 9.93. The summed E-state index contributed by atoms with van der Waals surface area (Å²) in [5, 5.41) is 0. The van der Waals surface area contributed by atoms with Crippen LogP contribution < -0.4 is 4.90 Å². The zero-order valence-electron chi connectivity index (χ0n) is 19.4. The summed E-state index contributed by atoms with van der Waals surface area (Å²) in [7, 11) is 0. The van der Waals surface area contributed by atoms with Crippen LogP contribution in [-0.4, -0.2) is 0 Å². The second-order valence-corrected chi connectivity index (χ2v) is 9.50. The van der Waals surface area contributed by atoms with Crippen molar-refractivity contribution in [1.29, 1.82) is 0 Å². The molecule has 0 aliphatic rings. The molecule has 5 rings (SSSR count). The van der Waals surface area contributed by atoms with E-state index < -0.39 is 0 Å². The van der Waals surface area contributed by atoms with Crippen molar-refractivity contribution in [3.8, 4) is 22.3 Å². The fourth-order valence-corrected chi connectivity index (χ4v) is 4.68. The summed E-state index contributed by atoms with van der Waals surface area (Å²) in [6.07, 6.45) is 0. The first-order chi connectivity index (χ1) is 16.6. The van der Waals surface area contributed by atoms with Crippen molar-refractivity contribution in [1.82, 2.24) is 0 Å². The van der Waals surface area contributed by atoms with Gasteiger partial charge < -0.3 is 4.90 Å². The molecule has 0 spiro atoms. The predicted molar refractivity (Wildman–Crippen MR) is 149 cm³/mol. The SMILES string of the molecule is Cc1ccc(N(c2ccc(C)cc2)c2ccccc2-c2cc(Br)ccc2-c2ccccc2)cc1. The number of hydrogen-bond acceptors (Lipinski definition) is 1. The lowest BCUT2D eigenvalue weighted by molar-refractivity contribution is 1.27. The summed E-state index contributed by atoms with van der Waals surface area (Å²) >= 11 is 3.72.